The lowest BCUT2D eigenvalue weighted by atomic mass is 10.1. The Labute approximate surface area is 205 Å². The third-order valence-corrected chi connectivity index (χ3v) is 7.11. The molecule has 0 atom stereocenters. The summed E-state index contributed by atoms with van der Waals surface area (Å²) in [6.45, 7) is -0.134. The number of halogens is 4. The van der Waals surface area contributed by atoms with Gasteiger partial charge >= 0.3 is 12.1 Å². The summed E-state index contributed by atoms with van der Waals surface area (Å²) in [4.78, 5) is 37.6. The van der Waals surface area contributed by atoms with Gasteiger partial charge in [-0.25, -0.2) is 4.79 Å². The number of carbonyl (C=O) groups excluding carboxylic acids is 2. The maximum atomic E-state index is 13.4. The molecule has 2 aliphatic rings. The number of benzene rings is 2. The number of amides is 2. The lowest BCUT2D eigenvalue weighted by Crippen LogP contribution is -2.46. The molecule has 1 saturated carbocycles. The zero-order valence-electron chi connectivity index (χ0n) is 17.7. The molecule has 0 radical (unpaired) electrons. The van der Waals surface area contributed by atoms with Crippen molar-refractivity contribution >= 4 is 57.5 Å². The summed E-state index contributed by atoms with van der Waals surface area (Å²) in [6, 6.07) is 8.56. The van der Waals surface area contributed by atoms with Gasteiger partial charge in [0.05, 0.1) is 28.7 Å². The molecule has 0 spiro atoms. The van der Waals surface area contributed by atoms with E-state index < -0.39 is 34.4 Å². The first-order chi connectivity index (χ1) is 16.5. The molecule has 1 aliphatic carbocycles. The van der Waals surface area contributed by atoms with Crippen LogP contribution in [0.1, 0.15) is 29.5 Å². The molecule has 12 heteroatoms. The number of thioether (sulfide) groups is 1. The highest BCUT2D eigenvalue weighted by Crippen LogP contribution is 2.48. The van der Waals surface area contributed by atoms with E-state index in [0.29, 0.717) is 28.2 Å². The number of hydrogen-bond acceptors (Lipinski definition) is 5. The minimum absolute atomic E-state index is 0.0112. The van der Waals surface area contributed by atoms with Crippen LogP contribution in [0.3, 0.4) is 0 Å². The number of alkyl halides is 3. The van der Waals surface area contributed by atoms with E-state index in [1.54, 1.807) is 18.2 Å². The van der Waals surface area contributed by atoms with Crippen LogP contribution < -0.4 is 0 Å². The summed E-state index contributed by atoms with van der Waals surface area (Å²) in [5, 5.41) is 13.6. The molecule has 2 aromatic carbocycles. The summed E-state index contributed by atoms with van der Waals surface area (Å²) < 4.78 is 41.8. The Morgan fingerprint density at radius 3 is 2.60 bits per heavy atom. The van der Waals surface area contributed by atoms with Gasteiger partial charge in [0.15, 0.2) is 0 Å². The van der Waals surface area contributed by atoms with Crippen LogP contribution in [-0.2, 0) is 22.3 Å². The number of imide groups is 1. The monoisotopic (exact) mass is 521 g/mol. The molecular weight excluding hydrogens is 507 g/mol. The molecule has 1 aliphatic heterocycles. The van der Waals surface area contributed by atoms with Crippen molar-refractivity contribution in [1.29, 1.82) is 0 Å². The fourth-order valence-corrected chi connectivity index (χ4v) is 5.16. The molecule has 180 valence electrons. The summed E-state index contributed by atoms with van der Waals surface area (Å²) in [7, 11) is 0. The van der Waals surface area contributed by atoms with E-state index in [1.165, 1.54) is 29.1 Å². The van der Waals surface area contributed by atoms with Crippen molar-refractivity contribution in [2.75, 3.05) is 0 Å². The van der Waals surface area contributed by atoms with Gasteiger partial charge in [-0.3, -0.25) is 19.2 Å². The van der Waals surface area contributed by atoms with E-state index in [-0.39, 0.29) is 34.9 Å². The Balaban J connectivity index is 1.43. The van der Waals surface area contributed by atoms with Gasteiger partial charge in [-0.2, -0.15) is 18.3 Å². The zero-order valence-corrected chi connectivity index (χ0v) is 19.2. The summed E-state index contributed by atoms with van der Waals surface area (Å²) in [5.74, 6) is -1.86. The third-order valence-electron chi connectivity index (χ3n) is 6.00. The van der Waals surface area contributed by atoms with Crippen LogP contribution in [-0.4, -0.2) is 42.4 Å². The number of hydrogen-bond donors (Lipinski definition) is 1. The second-order valence-corrected chi connectivity index (χ2v) is 9.70. The van der Waals surface area contributed by atoms with Gasteiger partial charge in [-0.1, -0.05) is 23.7 Å². The number of carboxylic acid groups (broad SMARTS) is 1. The second-order valence-electron chi connectivity index (χ2n) is 8.27. The number of aliphatic carboxylic acids is 1. The first kappa shape index (κ1) is 23.4. The van der Waals surface area contributed by atoms with Crippen molar-refractivity contribution in [3.05, 3.63) is 69.2 Å². The van der Waals surface area contributed by atoms with Gasteiger partial charge in [0.25, 0.3) is 11.1 Å². The van der Waals surface area contributed by atoms with Crippen LogP contribution in [0.25, 0.3) is 17.0 Å². The smallest absolute Gasteiger partial charge is 0.416 e. The minimum atomic E-state index is -4.57. The van der Waals surface area contributed by atoms with Gasteiger partial charge in [0, 0.05) is 10.4 Å². The number of nitrogens with zero attached hydrogens (tertiary/aromatic N) is 3. The normalized spacial score (nSPS) is 18.6. The third kappa shape index (κ3) is 4.08. The molecule has 0 unspecified atom stereocenters. The Hall–Kier alpha value is -3.31. The standard InChI is InChI=1S/C23H15ClF3N3O4S/c24-15-3-2-13(16(9-15)23(25,26)27)11-29-17-4-1-12(7-14(17)10-28-29)8-18-19(31)30(21(34)35-18)22(5-6-22)20(32)33/h1-4,7-10H,5-6,11H2,(H,32,33)/b18-8-. The van der Waals surface area contributed by atoms with Crippen LogP contribution in [0.2, 0.25) is 5.02 Å². The van der Waals surface area contributed by atoms with Crippen LogP contribution >= 0.6 is 23.4 Å². The highest BCUT2D eigenvalue weighted by atomic mass is 35.5. The molecule has 1 aromatic heterocycles. The van der Waals surface area contributed by atoms with Crippen LogP contribution in [0.15, 0.2) is 47.5 Å². The molecule has 0 bridgehead atoms. The van der Waals surface area contributed by atoms with Crippen molar-refractivity contribution in [3.8, 4) is 0 Å². The van der Waals surface area contributed by atoms with Crippen molar-refractivity contribution < 1.29 is 32.7 Å². The van der Waals surface area contributed by atoms with Gasteiger partial charge < -0.3 is 5.11 Å². The lowest BCUT2D eigenvalue weighted by Gasteiger charge is -2.20. The predicted octanol–water partition coefficient (Wildman–Crippen LogP) is 5.41. The molecule has 3 aromatic rings. The van der Waals surface area contributed by atoms with Crippen molar-refractivity contribution in [2.24, 2.45) is 0 Å². The van der Waals surface area contributed by atoms with Crippen molar-refractivity contribution in [3.63, 3.8) is 0 Å². The number of aromatic nitrogens is 2. The SMILES string of the molecule is O=C1S/C(=C\c2ccc3c(cnn3Cc3ccc(Cl)cc3C(F)(F)F)c2)C(=O)N1C1(C(=O)O)CC1. The number of carboxylic acids is 1. The van der Waals surface area contributed by atoms with E-state index in [4.69, 9.17) is 11.6 Å². The molecule has 35 heavy (non-hydrogen) atoms. The van der Waals surface area contributed by atoms with Gasteiger partial charge in [-0.05, 0) is 66.1 Å². The Morgan fingerprint density at radius 1 is 1.20 bits per heavy atom. The minimum Gasteiger partial charge on any atom is -0.479 e. The van der Waals surface area contributed by atoms with E-state index in [2.05, 4.69) is 5.10 Å². The first-order valence-electron chi connectivity index (χ1n) is 10.3. The number of fused-ring (bicyclic) bond motifs is 1. The number of carbonyl (C=O) groups is 3. The van der Waals surface area contributed by atoms with Crippen molar-refractivity contribution in [2.45, 2.75) is 31.1 Å². The van der Waals surface area contributed by atoms with Gasteiger partial charge in [0.1, 0.15) is 5.54 Å². The molecular formula is C23H15ClF3N3O4S. The summed E-state index contributed by atoms with van der Waals surface area (Å²) >= 11 is 6.43. The average molecular weight is 522 g/mol. The molecule has 2 amide bonds. The van der Waals surface area contributed by atoms with Gasteiger partial charge in [-0.15, -0.1) is 0 Å². The summed E-state index contributed by atoms with van der Waals surface area (Å²) in [5.41, 5.74) is -1.15. The maximum Gasteiger partial charge on any atom is 0.416 e. The largest absolute Gasteiger partial charge is 0.479 e. The lowest BCUT2D eigenvalue weighted by molar-refractivity contribution is -0.147. The Morgan fingerprint density at radius 2 is 1.94 bits per heavy atom. The summed E-state index contributed by atoms with van der Waals surface area (Å²) in [6.07, 6.45) is -1.14. The van der Waals surface area contributed by atoms with Crippen molar-refractivity contribution in [1.82, 2.24) is 14.7 Å². The first-order valence-corrected chi connectivity index (χ1v) is 11.5. The second kappa shape index (κ2) is 8.13. The van der Waals surface area contributed by atoms with E-state index in [0.717, 1.165) is 11.0 Å². The van der Waals surface area contributed by atoms with E-state index in [1.807, 2.05) is 0 Å². The Kier molecular flexibility index (Phi) is 5.44. The van der Waals surface area contributed by atoms with E-state index >= 15 is 0 Å². The molecule has 5 rings (SSSR count). The van der Waals surface area contributed by atoms with Crippen LogP contribution in [0.5, 0.6) is 0 Å². The van der Waals surface area contributed by atoms with Gasteiger partial charge in [0.2, 0.25) is 0 Å². The fourth-order valence-electron chi connectivity index (χ4n) is 4.07. The average Bonchev–Trinajstić information content (AvgIpc) is 3.41. The predicted molar refractivity (Wildman–Crippen MR) is 123 cm³/mol. The van der Waals surface area contributed by atoms with E-state index in [9.17, 15) is 32.7 Å². The molecule has 1 saturated heterocycles. The van der Waals surface area contributed by atoms with Crippen LogP contribution in [0.4, 0.5) is 18.0 Å². The molecule has 7 nitrogen and oxygen atoms in total. The number of rotatable bonds is 5. The zero-order chi connectivity index (χ0) is 25.1. The molecule has 2 fully saturated rings. The highest BCUT2D eigenvalue weighted by molar-refractivity contribution is 8.18. The maximum absolute atomic E-state index is 13.4. The highest BCUT2D eigenvalue weighted by Gasteiger charge is 2.62. The molecule has 2 heterocycles. The molecule has 1 N–H and O–H groups in total. The topological polar surface area (TPSA) is 92.5 Å². The van der Waals surface area contributed by atoms with Crippen LogP contribution in [0, 0.1) is 0 Å². The quantitative estimate of drug-likeness (QED) is 0.451. The fraction of sp³-hybridized carbons (Fsp3) is 0.217. The Bertz CT molecular complexity index is 1450.